The topological polar surface area (TPSA) is 74.0 Å². The number of hydrogen-bond donors (Lipinski definition) is 1. The van der Waals surface area contributed by atoms with Crippen molar-refractivity contribution in [2.75, 3.05) is 18.0 Å². The molecule has 1 aromatic rings. The van der Waals surface area contributed by atoms with E-state index in [1.807, 2.05) is 27.7 Å². The van der Waals surface area contributed by atoms with Crippen molar-refractivity contribution in [1.82, 2.24) is 0 Å². The highest BCUT2D eigenvalue weighted by atomic mass is 19.1. The lowest BCUT2D eigenvalue weighted by molar-refractivity contribution is 0.00578. The lowest BCUT2D eigenvalue weighted by Crippen LogP contribution is -2.41. The molecule has 2 aliphatic heterocycles. The van der Waals surface area contributed by atoms with Crippen LogP contribution in [0.1, 0.15) is 27.7 Å². The Morgan fingerprint density at radius 1 is 1.29 bits per heavy atom. The fourth-order valence-corrected chi connectivity index (χ4v) is 2.70. The van der Waals surface area contributed by atoms with E-state index in [-0.39, 0.29) is 12.6 Å². The summed E-state index contributed by atoms with van der Waals surface area (Å²) in [7, 11) is -0.786. The lowest BCUT2D eigenvalue weighted by Gasteiger charge is -2.32. The molecule has 0 spiro atoms. The standard InChI is InChI=1S/C16H22BFN2O4/c1-15(2)16(3,4)24-17(23-15)12-6-5-10(7-13(12)18)20-9-11(8-19)22-14(20)21/h5-7,11H,8-9,19H2,1-4H3/t11-/m0/s1. The maximum absolute atomic E-state index is 14.6. The first-order chi connectivity index (χ1) is 11.1. The molecule has 2 saturated heterocycles. The second-order valence-corrected chi connectivity index (χ2v) is 7.15. The van der Waals surface area contributed by atoms with E-state index in [9.17, 15) is 9.18 Å². The highest BCUT2D eigenvalue weighted by Crippen LogP contribution is 2.36. The number of nitrogens with zero attached hydrogens (tertiary/aromatic N) is 1. The summed E-state index contributed by atoms with van der Waals surface area (Å²) in [6.45, 7) is 8.18. The second kappa shape index (κ2) is 5.72. The highest BCUT2D eigenvalue weighted by molar-refractivity contribution is 6.62. The van der Waals surface area contributed by atoms with Crippen LogP contribution in [-0.2, 0) is 14.0 Å². The van der Waals surface area contributed by atoms with Gasteiger partial charge in [0.05, 0.1) is 23.4 Å². The van der Waals surface area contributed by atoms with Crippen LogP contribution in [0.25, 0.3) is 0 Å². The fourth-order valence-electron chi connectivity index (χ4n) is 2.70. The van der Waals surface area contributed by atoms with Crippen LogP contribution < -0.4 is 16.1 Å². The molecule has 8 heteroatoms. The van der Waals surface area contributed by atoms with Gasteiger partial charge in [0.25, 0.3) is 0 Å². The second-order valence-electron chi connectivity index (χ2n) is 7.15. The number of halogens is 1. The highest BCUT2D eigenvalue weighted by Gasteiger charge is 2.52. The van der Waals surface area contributed by atoms with Crippen molar-refractivity contribution < 1.29 is 23.2 Å². The SMILES string of the molecule is CC1(C)OB(c2ccc(N3C[C@H](CN)OC3=O)cc2F)OC1(C)C. The van der Waals surface area contributed by atoms with Gasteiger partial charge in [0, 0.05) is 12.0 Å². The number of benzene rings is 1. The van der Waals surface area contributed by atoms with Crippen LogP contribution in [0.4, 0.5) is 14.9 Å². The van der Waals surface area contributed by atoms with Crippen molar-refractivity contribution in [2.24, 2.45) is 5.73 Å². The Morgan fingerprint density at radius 3 is 2.42 bits per heavy atom. The van der Waals surface area contributed by atoms with Crippen molar-refractivity contribution >= 4 is 24.4 Å². The minimum atomic E-state index is -0.786. The van der Waals surface area contributed by atoms with E-state index in [1.54, 1.807) is 12.1 Å². The Balaban J connectivity index is 1.83. The molecule has 0 aromatic heterocycles. The van der Waals surface area contributed by atoms with E-state index in [1.165, 1.54) is 11.0 Å². The first kappa shape index (κ1) is 17.2. The van der Waals surface area contributed by atoms with Crippen molar-refractivity contribution in [3.8, 4) is 0 Å². The number of rotatable bonds is 3. The summed E-state index contributed by atoms with van der Waals surface area (Å²) in [6, 6.07) is 4.53. The zero-order valence-corrected chi connectivity index (χ0v) is 14.3. The molecule has 6 nitrogen and oxygen atoms in total. The molecule has 1 amide bonds. The molecule has 2 aliphatic rings. The van der Waals surface area contributed by atoms with Gasteiger partial charge in [-0.15, -0.1) is 0 Å². The van der Waals surface area contributed by atoms with Crippen LogP contribution in [-0.4, -0.2) is 43.6 Å². The average Bonchev–Trinajstić information content (AvgIpc) is 2.96. The molecule has 3 rings (SSSR count). The van der Waals surface area contributed by atoms with Gasteiger partial charge in [0.2, 0.25) is 0 Å². The van der Waals surface area contributed by atoms with Crippen LogP contribution in [0.2, 0.25) is 0 Å². The van der Waals surface area contributed by atoms with Crippen molar-refractivity contribution in [1.29, 1.82) is 0 Å². The summed E-state index contributed by atoms with van der Waals surface area (Å²) in [5.41, 5.74) is 5.15. The van der Waals surface area contributed by atoms with Crippen LogP contribution in [0.15, 0.2) is 18.2 Å². The predicted octanol–water partition coefficient (Wildman–Crippen LogP) is 1.41. The third kappa shape index (κ3) is 2.79. The number of ether oxygens (including phenoxy) is 1. The summed E-state index contributed by atoms with van der Waals surface area (Å²) in [4.78, 5) is 13.2. The molecule has 0 radical (unpaired) electrons. The maximum Gasteiger partial charge on any atom is 0.497 e. The van der Waals surface area contributed by atoms with E-state index in [2.05, 4.69) is 0 Å². The number of cyclic esters (lactones) is 1. The van der Waals surface area contributed by atoms with Crippen LogP contribution in [0, 0.1) is 5.82 Å². The van der Waals surface area contributed by atoms with Gasteiger partial charge in [-0.3, -0.25) is 4.90 Å². The van der Waals surface area contributed by atoms with Gasteiger partial charge in [-0.1, -0.05) is 6.07 Å². The molecule has 0 unspecified atom stereocenters. The molecule has 2 fully saturated rings. The maximum atomic E-state index is 14.6. The summed E-state index contributed by atoms with van der Waals surface area (Å²) in [6.07, 6.45) is -0.892. The molecule has 0 saturated carbocycles. The van der Waals surface area contributed by atoms with E-state index >= 15 is 0 Å². The molecule has 1 atom stereocenters. The van der Waals surface area contributed by atoms with Crippen LogP contribution in [0.5, 0.6) is 0 Å². The number of hydrogen-bond acceptors (Lipinski definition) is 5. The third-order valence-electron chi connectivity index (χ3n) is 4.94. The largest absolute Gasteiger partial charge is 0.497 e. The molecular weight excluding hydrogens is 314 g/mol. The van der Waals surface area contributed by atoms with Gasteiger partial charge in [0.15, 0.2) is 0 Å². The van der Waals surface area contributed by atoms with E-state index in [0.29, 0.717) is 17.7 Å². The van der Waals surface area contributed by atoms with Crippen molar-refractivity contribution in [3.05, 3.63) is 24.0 Å². The molecule has 130 valence electrons. The molecule has 0 bridgehead atoms. The van der Waals surface area contributed by atoms with E-state index < -0.39 is 30.2 Å². The van der Waals surface area contributed by atoms with E-state index in [4.69, 9.17) is 19.8 Å². The molecule has 2 heterocycles. The number of carbonyl (C=O) groups excluding carboxylic acids is 1. The van der Waals surface area contributed by atoms with Crippen molar-refractivity contribution in [3.63, 3.8) is 0 Å². The number of amides is 1. The Kier molecular flexibility index (Phi) is 4.10. The monoisotopic (exact) mass is 336 g/mol. The Bertz CT molecular complexity index is 651. The quantitative estimate of drug-likeness (QED) is 0.845. The van der Waals surface area contributed by atoms with Gasteiger partial charge in [-0.05, 0) is 39.8 Å². The fraction of sp³-hybridized carbons (Fsp3) is 0.562. The average molecular weight is 336 g/mol. The van der Waals surface area contributed by atoms with Crippen LogP contribution >= 0.6 is 0 Å². The van der Waals surface area contributed by atoms with Crippen LogP contribution in [0.3, 0.4) is 0 Å². The number of nitrogens with two attached hydrogens (primary N) is 1. The number of anilines is 1. The Morgan fingerprint density at radius 2 is 1.92 bits per heavy atom. The summed E-state index contributed by atoms with van der Waals surface area (Å²) < 4.78 is 31.4. The first-order valence-corrected chi connectivity index (χ1v) is 7.98. The van der Waals surface area contributed by atoms with Crippen molar-refractivity contribution in [2.45, 2.75) is 45.0 Å². The van der Waals surface area contributed by atoms with E-state index in [0.717, 1.165) is 0 Å². The summed E-state index contributed by atoms with van der Waals surface area (Å²) >= 11 is 0. The summed E-state index contributed by atoms with van der Waals surface area (Å²) in [5, 5.41) is 0. The zero-order valence-electron chi connectivity index (χ0n) is 14.3. The van der Waals surface area contributed by atoms with Gasteiger partial charge < -0.3 is 19.8 Å². The first-order valence-electron chi connectivity index (χ1n) is 7.98. The van der Waals surface area contributed by atoms with Gasteiger partial charge in [-0.25, -0.2) is 9.18 Å². The smallest absolute Gasteiger partial charge is 0.443 e. The van der Waals surface area contributed by atoms with Gasteiger partial charge in [0.1, 0.15) is 11.9 Å². The predicted molar refractivity (Wildman–Crippen MR) is 88.8 cm³/mol. The third-order valence-corrected chi connectivity index (χ3v) is 4.94. The normalized spacial score (nSPS) is 25.2. The molecule has 2 N–H and O–H groups in total. The molecule has 24 heavy (non-hydrogen) atoms. The Labute approximate surface area is 141 Å². The molecule has 1 aromatic carbocycles. The zero-order chi connectivity index (χ0) is 17.7. The lowest BCUT2D eigenvalue weighted by atomic mass is 9.78. The van der Waals surface area contributed by atoms with Gasteiger partial charge in [-0.2, -0.15) is 0 Å². The minimum absolute atomic E-state index is 0.233. The number of carbonyl (C=O) groups is 1. The minimum Gasteiger partial charge on any atom is -0.443 e. The Hall–Kier alpha value is -1.64. The van der Waals surface area contributed by atoms with Gasteiger partial charge >= 0.3 is 13.2 Å². The summed E-state index contributed by atoms with van der Waals surface area (Å²) in [5.74, 6) is -0.491. The molecule has 0 aliphatic carbocycles. The molecular formula is C16H22BFN2O4.